The predicted octanol–water partition coefficient (Wildman–Crippen LogP) is 0.333. The normalized spacial score (nSPS) is 17.1. The van der Waals surface area contributed by atoms with Crippen LogP contribution in [0.4, 0.5) is 0 Å². The van der Waals surface area contributed by atoms with Gasteiger partial charge in [0.15, 0.2) is 9.84 Å². The summed E-state index contributed by atoms with van der Waals surface area (Å²) in [5.41, 5.74) is 5.81. The lowest BCUT2D eigenvalue weighted by Gasteiger charge is -2.12. The van der Waals surface area contributed by atoms with Crippen LogP contribution in [0.1, 0.15) is 26.7 Å². The van der Waals surface area contributed by atoms with Crippen LogP contribution in [-0.2, 0) is 14.6 Å². The van der Waals surface area contributed by atoms with Crippen LogP contribution in [0.5, 0.6) is 0 Å². The Kier molecular flexibility index (Phi) is 7.17. The third kappa shape index (κ3) is 7.18. The Labute approximate surface area is 115 Å². The number of amides is 1. The minimum Gasteiger partial charge on any atom is -0.354 e. The van der Waals surface area contributed by atoms with Gasteiger partial charge in [-0.25, -0.2) is 8.42 Å². The predicted molar refractivity (Wildman–Crippen MR) is 74.4 cm³/mol. The molecule has 1 fully saturated rings. The number of carbonyl (C=O) groups is 1. The fourth-order valence-corrected chi connectivity index (χ4v) is 3.38. The quantitative estimate of drug-likeness (QED) is 0.709. The second kappa shape index (κ2) is 7.31. The number of hydrogen-bond donors (Lipinski definition) is 2. The molecule has 1 aliphatic carbocycles. The van der Waals surface area contributed by atoms with Crippen molar-refractivity contribution in [2.75, 3.05) is 18.1 Å². The molecule has 0 radical (unpaired) electrons. The molecule has 1 aliphatic rings. The third-order valence-electron chi connectivity index (χ3n) is 2.70. The number of carbonyl (C=O) groups excluding carboxylic acids is 1. The van der Waals surface area contributed by atoms with Crippen LogP contribution >= 0.6 is 12.4 Å². The van der Waals surface area contributed by atoms with E-state index in [9.17, 15) is 13.2 Å². The van der Waals surface area contributed by atoms with E-state index in [0.29, 0.717) is 12.5 Å². The van der Waals surface area contributed by atoms with Crippen LogP contribution in [0.25, 0.3) is 0 Å². The van der Waals surface area contributed by atoms with Gasteiger partial charge in [-0.1, -0.05) is 13.8 Å². The van der Waals surface area contributed by atoms with Crippen molar-refractivity contribution >= 4 is 28.2 Å². The summed E-state index contributed by atoms with van der Waals surface area (Å²) in [6.07, 6.45) is 2.23. The Morgan fingerprint density at radius 1 is 1.39 bits per heavy atom. The van der Waals surface area contributed by atoms with Gasteiger partial charge in [-0.2, -0.15) is 0 Å². The van der Waals surface area contributed by atoms with E-state index in [2.05, 4.69) is 5.32 Å². The minimum absolute atomic E-state index is 0. The highest BCUT2D eigenvalue weighted by Crippen LogP contribution is 2.31. The zero-order valence-corrected chi connectivity index (χ0v) is 12.5. The van der Waals surface area contributed by atoms with Crippen molar-refractivity contribution in [2.45, 2.75) is 32.7 Å². The Balaban J connectivity index is 0.00000289. The van der Waals surface area contributed by atoms with E-state index in [1.807, 2.05) is 13.8 Å². The molecule has 18 heavy (non-hydrogen) atoms. The third-order valence-corrected chi connectivity index (χ3v) is 4.58. The molecule has 0 aromatic carbocycles. The number of nitrogens with one attached hydrogen (secondary N) is 1. The second-order valence-corrected chi connectivity index (χ2v) is 7.36. The molecule has 0 bridgehead atoms. The molecule has 108 valence electrons. The van der Waals surface area contributed by atoms with Crippen LogP contribution in [0.2, 0.25) is 0 Å². The molecule has 0 aromatic rings. The molecule has 5 nitrogen and oxygen atoms in total. The molecule has 1 rings (SSSR count). The molecule has 1 amide bonds. The summed E-state index contributed by atoms with van der Waals surface area (Å²) >= 11 is 0. The first-order chi connectivity index (χ1) is 7.80. The van der Waals surface area contributed by atoms with Gasteiger partial charge in [0.05, 0.1) is 5.75 Å². The molecule has 0 saturated heterocycles. The average Bonchev–Trinajstić information content (AvgIpc) is 2.93. The minimum atomic E-state index is -3.29. The molecular formula is C11H23ClN2O3S. The van der Waals surface area contributed by atoms with Gasteiger partial charge in [-0.3, -0.25) is 4.79 Å². The first kappa shape index (κ1) is 17.7. The van der Waals surface area contributed by atoms with Gasteiger partial charge in [-0.15, -0.1) is 12.4 Å². The van der Waals surface area contributed by atoms with Crippen LogP contribution < -0.4 is 11.1 Å². The van der Waals surface area contributed by atoms with Crippen molar-refractivity contribution < 1.29 is 13.2 Å². The maximum absolute atomic E-state index is 11.6. The Bertz CT molecular complexity index is 366. The lowest BCUT2D eigenvalue weighted by Crippen LogP contribution is -2.41. The van der Waals surface area contributed by atoms with E-state index >= 15 is 0 Å². The summed E-state index contributed by atoms with van der Waals surface area (Å²) in [7, 11) is -3.29. The Morgan fingerprint density at radius 2 is 1.94 bits per heavy atom. The standard InChI is InChI=1S/C11H22N2O3S.ClH/c1-8(2)6-17(15,16)7-11(14)13-5-10(12)9-3-4-9;/h8-10H,3-7,12H2,1-2H3,(H,13,14);1H. The number of halogens is 1. The average molecular weight is 299 g/mol. The topological polar surface area (TPSA) is 89.3 Å². The van der Waals surface area contributed by atoms with E-state index in [-0.39, 0.29) is 30.1 Å². The maximum atomic E-state index is 11.6. The van der Waals surface area contributed by atoms with Gasteiger partial charge in [0, 0.05) is 12.6 Å². The van der Waals surface area contributed by atoms with Gasteiger partial charge in [0.1, 0.15) is 5.75 Å². The molecule has 1 atom stereocenters. The van der Waals surface area contributed by atoms with Crippen molar-refractivity contribution in [3.8, 4) is 0 Å². The summed E-state index contributed by atoms with van der Waals surface area (Å²) in [6.45, 7) is 4.01. The summed E-state index contributed by atoms with van der Waals surface area (Å²) < 4.78 is 23.1. The highest BCUT2D eigenvalue weighted by Gasteiger charge is 2.28. The van der Waals surface area contributed by atoms with E-state index in [1.165, 1.54) is 0 Å². The summed E-state index contributed by atoms with van der Waals surface area (Å²) in [5, 5.41) is 2.59. The summed E-state index contributed by atoms with van der Waals surface area (Å²) in [4.78, 5) is 11.4. The fraction of sp³-hybridized carbons (Fsp3) is 0.909. The smallest absolute Gasteiger partial charge is 0.235 e. The van der Waals surface area contributed by atoms with Gasteiger partial charge in [0.2, 0.25) is 5.91 Å². The molecule has 0 aliphatic heterocycles. The van der Waals surface area contributed by atoms with E-state index in [0.717, 1.165) is 12.8 Å². The van der Waals surface area contributed by atoms with Gasteiger partial charge >= 0.3 is 0 Å². The van der Waals surface area contributed by atoms with Crippen LogP contribution in [0, 0.1) is 11.8 Å². The monoisotopic (exact) mass is 298 g/mol. The van der Waals surface area contributed by atoms with Crippen LogP contribution in [0.3, 0.4) is 0 Å². The lowest BCUT2D eigenvalue weighted by molar-refractivity contribution is -0.118. The van der Waals surface area contributed by atoms with Gasteiger partial charge in [-0.05, 0) is 24.7 Å². The zero-order chi connectivity index (χ0) is 13.1. The summed E-state index contributed by atoms with van der Waals surface area (Å²) in [6, 6.07) is -0.0354. The maximum Gasteiger partial charge on any atom is 0.235 e. The highest BCUT2D eigenvalue weighted by molar-refractivity contribution is 7.92. The number of nitrogens with two attached hydrogens (primary N) is 1. The van der Waals surface area contributed by atoms with E-state index in [1.54, 1.807) is 0 Å². The first-order valence-corrected chi connectivity index (χ1v) is 7.85. The molecule has 0 spiro atoms. The van der Waals surface area contributed by atoms with Crippen LogP contribution in [-0.4, -0.2) is 38.4 Å². The Hall–Kier alpha value is -0.330. The molecule has 0 aromatic heterocycles. The molecule has 7 heteroatoms. The molecule has 0 heterocycles. The molecular weight excluding hydrogens is 276 g/mol. The van der Waals surface area contributed by atoms with Gasteiger partial charge in [0.25, 0.3) is 0 Å². The first-order valence-electron chi connectivity index (χ1n) is 6.03. The van der Waals surface area contributed by atoms with Crippen LogP contribution in [0.15, 0.2) is 0 Å². The van der Waals surface area contributed by atoms with Crippen molar-refractivity contribution in [3.63, 3.8) is 0 Å². The number of sulfone groups is 1. The van der Waals surface area contributed by atoms with Crippen molar-refractivity contribution in [1.82, 2.24) is 5.32 Å². The number of hydrogen-bond acceptors (Lipinski definition) is 4. The lowest BCUT2D eigenvalue weighted by atomic mass is 10.2. The van der Waals surface area contributed by atoms with E-state index in [4.69, 9.17) is 5.73 Å². The Morgan fingerprint density at radius 3 is 2.39 bits per heavy atom. The highest BCUT2D eigenvalue weighted by atomic mass is 35.5. The van der Waals surface area contributed by atoms with Crippen molar-refractivity contribution in [2.24, 2.45) is 17.6 Å². The molecule has 3 N–H and O–H groups in total. The largest absolute Gasteiger partial charge is 0.354 e. The van der Waals surface area contributed by atoms with Crippen molar-refractivity contribution in [1.29, 1.82) is 0 Å². The fourth-order valence-electron chi connectivity index (χ4n) is 1.74. The SMILES string of the molecule is CC(C)CS(=O)(=O)CC(=O)NCC(N)C1CC1.Cl. The number of rotatable bonds is 7. The van der Waals surface area contributed by atoms with Gasteiger partial charge < -0.3 is 11.1 Å². The molecule has 1 saturated carbocycles. The zero-order valence-electron chi connectivity index (χ0n) is 10.9. The van der Waals surface area contributed by atoms with E-state index < -0.39 is 21.5 Å². The molecule has 1 unspecified atom stereocenters. The second-order valence-electron chi connectivity index (χ2n) is 5.25. The summed E-state index contributed by atoms with van der Waals surface area (Å²) in [5.74, 6) is -0.275. The van der Waals surface area contributed by atoms with Crippen molar-refractivity contribution in [3.05, 3.63) is 0 Å².